The Morgan fingerprint density at radius 1 is 1.18 bits per heavy atom. The van der Waals surface area contributed by atoms with Gasteiger partial charge in [0.15, 0.2) is 0 Å². The number of fused-ring (bicyclic) bond motifs is 1. The number of nitro groups is 1. The van der Waals surface area contributed by atoms with E-state index in [1.54, 1.807) is 4.90 Å². The second-order valence-corrected chi connectivity index (χ2v) is 8.65. The summed E-state index contributed by atoms with van der Waals surface area (Å²) in [5.74, 6) is -0.341. The minimum absolute atomic E-state index is 0.0926. The minimum atomic E-state index is -3.84. The van der Waals surface area contributed by atoms with Gasteiger partial charge in [-0.2, -0.15) is 0 Å². The van der Waals surface area contributed by atoms with Crippen LogP contribution in [-0.2, 0) is 27.8 Å². The molecule has 28 heavy (non-hydrogen) atoms. The second-order valence-electron chi connectivity index (χ2n) is 6.79. The van der Waals surface area contributed by atoms with Crippen molar-refractivity contribution in [1.82, 2.24) is 4.90 Å². The van der Waals surface area contributed by atoms with Crippen molar-refractivity contribution in [3.05, 3.63) is 69.8 Å². The van der Waals surface area contributed by atoms with Crippen LogP contribution >= 0.6 is 0 Å². The number of amides is 1. The molecule has 1 atom stereocenters. The van der Waals surface area contributed by atoms with Crippen molar-refractivity contribution < 1.29 is 18.1 Å². The fraction of sp³-hybridized carbons (Fsp3) is 0.316. The highest BCUT2D eigenvalue weighted by molar-refractivity contribution is 7.92. The van der Waals surface area contributed by atoms with E-state index in [9.17, 15) is 23.3 Å². The lowest BCUT2D eigenvalue weighted by atomic mass is 9.99. The van der Waals surface area contributed by atoms with E-state index in [1.165, 1.54) is 30.7 Å². The molecule has 9 heteroatoms. The van der Waals surface area contributed by atoms with Crippen LogP contribution in [0.4, 0.5) is 11.4 Å². The van der Waals surface area contributed by atoms with Crippen LogP contribution in [0, 0.1) is 10.1 Å². The van der Waals surface area contributed by atoms with Gasteiger partial charge in [0, 0.05) is 25.2 Å². The number of hydrogen-bond acceptors (Lipinski definition) is 5. The number of non-ortho nitro benzene ring substituents is 1. The van der Waals surface area contributed by atoms with Gasteiger partial charge in [-0.15, -0.1) is 0 Å². The summed E-state index contributed by atoms with van der Waals surface area (Å²) in [6.45, 7) is 2.40. The molecule has 0 spiro atoms. The number of carbonyl (C=O) groups is 1. The first-order valence-corrected chi connectivity index (χ1v) is 10.6. The topological polar surface area (TPSA) is 101 Å². The Balaban J connectivity index is 1.90. The van der Waals surface area contributed by atoms with Crippen LogP contribution < -0.4 is 4.31 Å². The van der Waals surface area contributed by atoms with E-state index in [0.29, 0.717) is 19.5 Å². The lowest BCUT2D eigenvalue weighted by molar-refractivity contribution is -0.384. The van der Waals surface area contributed by atoms with Gasteiger partial charge in [-0.1, -0.05) is 30.3 Å². The Morgan fingerprint density at radius 2 is 1.86 bits per heavy atom. The number of sulfonamides is 1. The van der Waals surface area contributed by atoms with Gasteiger partial charge in [0.05, 0.1) is 16.9 Å². The number of hydrogen-bond donors (Lipinski definition) is 0. The zero-order chi connectivity index (χ0) is 20.5. The fourth-order valence-electron chi connectivity index (χ4n) is 3.49. The standard InChI is InChI=1S/C19H21N3O5S/c1-14(19(23)20-11-10-15-6-3-4-7-16(15)13-20)21(28(2,26)27)17-8-5-9-18(12-17)22(24)25/h3-9,12,14H,10-11,13H2,1-2H3. The highest BCUT2D eigenvalue weighted by atomic mass is 32.2. The summed E-state index contributed by atoms with van der Waals surface area (Å²) in [5, 5.41) is 11.1. The van der Waals surface area contributed by atoms with Gasteiger partial charge in [-0.3, -0.25) is 19.2 Å². The molecule has 148 valence electrons. The summed E-state index contributed by atoms with van der Waals surface area (Å²) in [4.78, 5) is 25.2. The third-order valence-corrected chi connectivity index (χ3v) is 6.05. The minimum Gasteiger partial charge on any atom is -0.336 e. The molecule has 0 aliphatic carbocycles. The predicted octanol–water partition coefficient (Wildman–Crippen LogP) is 2.33. The number of carbonyl (C=O) groups excluding carboxylic acids is 1. The summed E-state index contributed by atoms with van der Waals surface area (Å²) < 4.78 is 25.8. The molecule has 0 saturated carbocycles. The van der Waals surface area contributed by atoms with E-state index in [4.69, 9.17) is 0 Å². The zero-order valence-corrected chi connectivity index (χ0v) is 16.4. The molecule has 1 aliphatic rings. The Labute approximate surface area is 163 Å². The summed E-state index contributed by atoms with van der Waals surface area (Å²) in [6.07, 6.45) is 1.69. The Bertz CT molecular complexity index is 1020. The first kappa shape index (κ1) is 19.8. The van der Waals surface area contributed by atoms with Crippen molar-refractivity contribution in [2.24, 2.45) is 0 Å². The average molecular weight is 403 g/mol. The van der Waals surface area contributed by atoms with Gasteiger partial charge in [-0.25, -0.2) is 8.42 Å². The third-order valence-electron chi connectivity index (χ3n) is 4.80. The van der Waals surface area contributed by atoms with Crippen molar-refractivity contribution in [1.29, 1.82) is 0 Å². The monoisotopic (exact) mass is 403 g/mol. The van der Waals surface area contributed by atoms with Crippen LogP contribution in [0.25, 0.3) is 0 Å². The number of nitro benzene ring substituents is 1. The molecule has 1 amide bonds. The van der Waals surface area contributed by atoms with Crippen molar-refractivity contribution >= 4 is 27.3 Å². The summed E-state index contributed by atoms with van der Waals surface area (Å²) in [6, 6.07) is 12.1. The second kappa shape index (κ2) is 7.59. The molecule has 3 rings (SSSR count). The van der Waals surface area contributed by atoms with Crippen LogP contribution in [-0.4, -0.2) is 43.0 Å². The molecule has 1 heterocycles. The Hall–Kier alpha value is -2.94. The van der Waals surface area contributed by atoms with Crippen LogP contribution in [0.3, 0.4) is 0 Å². The number of benzene rings is 2. The normalized spacial score (nSPS) is 14.9. The van der Waals surface area contributed by atoms with E-state index in [2.05, 4.69) is 0 Å². The van der Waals surface area contributed by atoms with Crippen LogP contribution in [0.1, 0.15) is 18.1 Å². The summed E-state index contributed by atoms with van der Waals surface area (Å²) in [7, 11) is -3.84. The third kappa shape index (κ3) is 3.99. The van der Waals surface area contributed by atoms with Crippen molar-refractivity contribution in [3.8, 4) is 0 Å². The van der Waals surface area contributed by atoms with Crippen molar-refractivity contribution in [2.45, 2.75) is 25.9 Å². The van der Waals surface area contributed by atoms with Gasteiger partial charge >= 0.3 is 0 Å². The molecule has 0 fully saturated rings. The predicted molar refractivity (Wildman–Crippen MR) is 105 cm³/mol. The lowest BCUT2D eigenvalue weighted by Gasteiger charge is -2.35. The van der Waals surface area contributed by atoms with Gasteiger partial charge < -0.3 is 4.90 Å². The maximum atomic E-state index is 13.1. The molecule has 1 unspecified atom stereocenters. The van der Waals surface area contributed by atoms with Crippen LogP contribution in [0.2, 0.25) is 0 Å². The molecular formula is C19H21N3O5S. The quantitative estimate of drug-likeness (QED) is 0.563. The van der Waals surface area contributed by atoms with Crippen LogP contribution in [0.5, 0.6) is 0 Å². The van der Waals surface area contributed by atoms with E-state index < -0.39 is 21.0 Å². The maximum Gasteiger partial charge on any atom is 0.271 e. The van der Waals surface area contributed by atoms with E-state index in [1.807, 2.05) is 24.3 Å². The van der Waals surface area contributed by atoms with Gasteiger partial charge in [0.25, 0.3) is 5.69 Å². The smallest absolute Gasteiger partial charge is 0.271 e. The molecule has 8 nitrogen and oxygen atoms in total. The Morgan fingerprint density at radius 3 is 2.50 bits per heavy atom. The molecule has 0 bridgehead atoms. The molecule has 2 aromatic rings. The lowest BCUT2D eigenvalue weighted by Crippen LogP contribution is -2.50. The molecule has 1 aliphatic heterocycles. The highest BCUT2D eigenvalue weighted by Gasteiger charge is 2.33. The molecule has 0 aromatic heterocycles. The molecular weight excluding hydrogens is 382 g/mol. The zero-order valence-electron chi connectivity index (χ0n) is 15.6. The van der Waals surface area contributed by atoms with Crippen LogP contribution in [0.15, 0.2) is 48.5 Å². The number of rotatable bonds is 5. The van der Waals surface area contributed by atoms with Gasteiger partial charge in [0.1, 0.15) is 6.04 Å². The van der Waals surface area contributed by atoms with Crippen molar-refractivity contribution in [3.63, 3.8) is 0 Å². The SMILES string of the molecule is CC(C(=O)N1CCc2ccccc2C1)N(c1cccc([N+](=O)[O-])c1)S(C)(=O)=O. The van der Waals surface area contributed by atoms with Gasteiger partial charge in [-0.05, 0) is 30.5 Å². The molecule has 0 N–H and O–H groups in total. The van der Waals surface area contributed by atoms with E-state index >= 15 is 0 Å². The molecule has 0 saturated heterocycles. The largest absolute Gasteiger partial charge is 0.336 e. The first-order valence-electron chi connectivity index (χ1n) is 8.78. The van der Waals surface area contributed by atoms with Gasteiger partial charge in [0.2, 0.25) is 15.9 Å². The summed E-state index contributed by atoms with van der Waals surface area (Å²) in [5.41, 5.74) is 2.07. The van der Waals surface area contributed by atoms with E-state index in [0.717, 1.165) is 22.2 Å². The highest BCUT2D eigenvalue weighted by Crippen LogP contribution is 2.27. The molecule has 0 radical (unpaired) electrons. The van der Waals surface area contributed by atoms with Crippen molar-refractivity contribution in [2.75, 3.05) is 17.1 Å². The first-order chi connectivity index (χ1) is 13.2. The Kier molecular flexibility index (Phi) is 5.37. The molecule has 2 aromatic carbocycles. The maximum absolute atomic E-state index is 13.1. The number of anilines is 1. The van der Waals surface area contributed by atoms with E-state index in [-0.39, 0.29) is 17.3 Å². The fourth-order valence-corrected chi connectivity index (χ4v) is 4.66. The number of nitrogens with zero attached hydrogens (tertiary/aromatic N) is 3. The average Bonchev–Trinajstić information content (AvgIpc) is 2.66. The summed E-state index contributed by atoms with van der Waals surface area (Å²) >= 11 is 0.